The minimum absolute atomic E-state index is 0.0448. The van der Waals surface area contributed by atoms with Gasteiger partial charge < -0.3 is 14.7 Å². The molecule has 0 spiro atoms. The van der Waals surface area contributed by atoms with E-state index >= 15 is 0 Å². The second-order valence-corrected chi connectivity index (χ2v) is 13.8. The maximum Gasteiger partial charge on any atom is 0.261 e. The number of nitrogens with zero attached hydrogens (tertiary/aromatic N) is 2. The van der Waals surface area contributed by atoms with Gasteiger partial charge in [-0.25, -0.2) is 8.42 Å². The summed E-state index contributed by atoms with van der Waals surface area (Å²) < 4.78 is 35.1. The first kappa shape index (κ1) is 32.5. The summed E-state index contributed by atoms with van der Waals surface area (Å²) in [6.07, 6.45) is -0.282. The van der Waals surface area contributed by atoms with E-state index in [0.29, 0.717) is 30.4 Å². The van der Waals surface area contributed by atoms with E-state index in [0.717, 1.165) is 5.56 Å². The van der Waals surface area contributed by atoms with Crippen LogP contribution in [0.4, 0.5) is 5.69 Å². The Morgan fingerprint density at radius 1 is 1.00 bits per heavy atom. The number of amides is 1. The number of rotatable bonds is 10. The smallest absolute Gasteiger partial charge is 0.261 e. The fourth-order valence-electron chi connectivity index (χ4n) is 5.45. The Labute approximate surface area is 270 Å². The molecule has 10 heteroatoms. The number of anilines is 1. The van der Waals surface area contributed by atoms with Gasteiger partial charge in [-0.1, -0.05) is 73.1 Å². The number of nitrogens with one attached hydrogen (secondary N) is 1. The summed E-state index contributed by atoms with van der Waals surface area (Å²) in [5.41, 5.74) is 3.94. The Hall–Kier alpha value is -3.89. The lowest BCUT2D eigenvalue weighted by Gasteiger charge is -2.38. The molecule has 0 aliphatic carbocycles. The molecule has 8 nitrogen and oxygen atoms in total. The van der Waals surface area contributed by atoms with Crippen LogP contribution < -0.4 is 9.46 Å². The molecule has 236 valence electrons. The largest absolute Gasteiger partial charge is 0.488 e. The zero-order chi connectivity index (χ0) is 32.1. The van der Waals surface area contributed by atoms with Crippen LogP contribution in [0.15, 0.2) is 102 Å². The number of fused-ring (bicyclic) bond motifs is 1. The van der Waals surface area contributed by atoms with Crippen molar-refractivity contribution in [1.82, 2.24) is 9.80 Å². The molecule has 0 radical (unpaired) electrons. The van der Waals surface area contributed by atoms with Crippen molar-refractivity contribution in [3.8, 4) is 16.9 Å². The summed E-state index contributed by atoms with van der Waals surface area (Å²) in [6, 6.07) is 28.9. The summed E-state index contributed by atoms with van der Waals surface area (Å²) in [7, 11) is -1.89. The van der Waals surface area contributed by atoms with E-state index in [4.69, 9.17) is 16.3 Å². The van der Waals surface area contributed by atoms with Gasteiger partial charge in [0.25, 0.3) is 15.9 Å². The lowest BCUT2D eigenvalue weighted by atomic mass is 9.99. The molecule has 1 amide bonds. The Morgan fingerprint density at radius 3 is 2.33 bits per heavy atom. The molecule has 0 fully saturated rings. The van der Waals surface area contributed by atoms with Crippen molar-refractivity contribution in [3.05, 3.63) is 113 Å². The molecule has 0 aromatic heterocycles. The Morgan fingerprint density at radius 2 is 1.67 bits per heavy atom. The van der Waals surface area contributed by atoms with Gasteiger partial charge in [-0.3, -0.25) is 14.4 Å². The van der Waals surface area contributed by atoms with Crippen molar-refractivity contribution in [3.63, 3.8) is 0 Å². The second-order valence-electron chi connectivity index (χ2n) is 11.7. The number of aliphatic hydroxyl groups is 1. The van der Waals surface area contributed by atoms with Crippen LogP contribution >= 0.6 is 11.6 Å². The topological polar surface area (TPSA) is 99.2 Å². The molecule has 0 unspecified atom stereocenters. The van der Waals surface area contributed by atoms with E-state index in [2.05, 4.69) is 46.0 Å². The van der Waals surface area contributed by atoms with Gasteiger partial charge in [-0.2, -0.15) is 0 Å². The van der Waals surface area contributed by atoms with Crippen molar-refractivity contribution in [2.24, 2.45) is 5.92 Å². The summed E-state index contributed by atoms with van der Waals surface area (Å²) in [5.74, 6) is -0.0277. The van der Waals surface area contributed by atoms with Gasteiger partial charge in [-0.05, 0) is 73.1 Å². The van der Waals surface area contributed by atoms with Gasteiger partial charge in [0.2, 0.25) is 0 Å². The summed E-state index contributed by atoms with van der Waals surface area (Å²) in [4.78, 5) is 17.7. The Balaban J connectivity index is 1.36. The van der Waals surface area contributed by atoms with Gasteiger partial charge in [-0.15, -0.1) is 0 Å². The molecule has 0 saturated carbocycles. The fraction of sp³-hybridized carbons (Fsp3) is 0.286. The summed E-state index contributed by atoms with van der Waals surface area (Å²) in [5, 5.41) is 10.4. The van der Waals surface area contributed by atoms with E-state index < -0.39 is 16.1 Å². The lowest BCUT2D eigenvalue weighted by molar-refractivity contribution is 0.0341. The number of benzene rings is 4. The molecule has 1 heterocycles. The first-order chi connectivity index (χ1) is 21.5. The van der Waals surface area contributed by atoms with Crippen LogP contribution in [0.5, 0.6) is 5.75 Å². The highest BCUT2D eigenvalue weighted by Gasteiger charge is 2.33. The first-order valence-electron chi connectivity index (χ1n) is 14.9. The predicted molar refractivity (Wildman–Crippen MR) is 178 cm³/mol. The van der Waals surface area contributed by atoms with Crippen LogP contribution in [-0.4, -0.2) is 68.1 Å². The fourth-order valence-corrected chi connectivity index (χ4v) is 6.62. The average Bonchev–Trinajstić information content (AvgIpc) is 3.03. The lowest BCUT2D eigenvalue weighted by Crippen LogP contribution is -2.49. The molecular weight excluding hydrogens is 610 g/mol. The zero-order valence-electron chi connectivity index (χ0n) is 25.6. The number of halogens is 1. The maximum absolute atomic E-state index is 13.8. The number of hydrogen-bond donors (Lipinski definition) is 2. The van der Waals surface area contributed by atoms with Gasteiger partial charge in [0, 0.05) is 36.3 Å². The van der Waals surface area contributed by atoms with Crippen molar-refractivity contribution in [2.75, 3.05) is 31.5 Å². The van der Waals surface area contributed by atoms with Crippen LogP contribution in [0, 0.1) is 5.92 Å². The number of hydrogen-bond acceptors (Lipinski definition) is 6. The van der Waals surface area contributed by atoms with E-state index in [1.54, 1.807) is 24.0 Å². The number of sulfonamides is 1. The summed E-state index contributed by atoms with van der Waals surface area (Å²) >= 11 is 5.93. The highest BCUT2D eigenvalue weighted by molar-refractivity contribution is 7.92. The third-order valence-electron chi connectivity index (χ3n) is 8.05. The average molecular weight is 648 g/mol. The van der Waals surface area contributed by atoms with Crippen molar-refractivity contribution in [1.29, 1.82) is 0 Å². The van der Waals surface area contributed by atoms with E-state index in [1.807, 2.05) is 32.2 Å². The highest BCUT2D eigenvalue weighted by atomic mass is 35.5. The molecule has 0 saturated heterocycles. The first-order valence-corrected chi connectivity index (χ1v) is 16.7. The molecule has 4 aromatic carbocycles. The van der Waals surface area contributed by atoms with Gasteiger partial charge in [0.05, 0.1) is 23.1 Å². The summed E-state index contributed by atoms with van der Waals surface area (Å²) in [6.45, 7) is 5.28. The molecule has 1 aliphatic rings. The molecule has 2 N–H and O–H groups in total. The standard InChI is InChI=1S/C35H38ClN3O5S/c1-24-20-39(25(2)23-40)35(41)32-19-30(37-45(42,43)31-16-13-29(36)14-17-31)15-18-33(32)44-34(24)22-38(3)21-26-9-11-28(12-10-26)27-7-5-4-6-8-27/h4-19,24-25,34,37,40H,20-23H2,1-3H3/t24-,25-,34-/m0/s1. The normalized spacial score (nSPS) is 17.6. The van der Waals surface area contributed by atoms with Crippen LogP contribution in [0.2, 0.25) is 5.02 Å². The molecule has 0 bridgehead atoms. The SMILES string of the molecule is C[C@H]1CN([C@@H](C)CO)C(=O)c2cc(NS(=O)(=O)c3ccc(Cl)cc3)ccc2O[C@H]1CN(C)Cc1ccc(-c2ccccc2)cc1. The van der Waals surface area contributed by atoms with E-state index in [-0.39, 0.29) is 40.7 Å². The number of carbonyl (C=O) groups is 1. The number of ether oxygens (including phenoxy) is 1. The minimum atomic E-state index is -3.93. The van der Waals surface area contributed by atoms with Gasteiger partial charge in [0.15, 0.2) is 0 Å². The maximum atomic E-state index is 13.8. The number of aliphatic hydroxyl groups excluding tert-OH is 1. The molecule has 3 atom stereocenters. The Kier molecular flexibility index (Phi) is 10.1. The third kappa shape index (κ3) is 7.86. The highest BCUT2D eigenvalue weighted by Crippen LogP contribution is 2.32. The van der Waals surface area contributed by atoms with E-state index in [1.165, 1.54) is 41.5 Å². The molecule has 1 aliphatic heterocycles. The third-order valence-corrected chi connectivity index (χ3v) is 9.70. The zero-order valence-corrected chi connectivity index (χ0v) is 27.1. The monoisotopic (exact) mass is 647 g/mol. The van der Waals surface area contributed by atoms with Gasteiger partial charge in [0.1, 0.15) is 11.9 Å². The van der Waals surface area contributed by atoms with Gasteiger partial charge >= 0.3 is 0 Å². The van der Waals surface area contributed by atoms with Crippen LogP contribution in [0.3, 0.4) is 0 Å². The van der Waals surface area contributed by atoms with E-state index in [9.17, 15) is 18.3 Å². The molecule has 45 heavy (non-hydrogen) atoms. The number of carbonyl (C=O) groups excluding carboxylic acids is 1. The van der Waals surface area contributed by atoms with Crippen LogP contribution in [0.25, 0.3) is 11.1 Å². The molecular formula is C35H38ClN3O5S. The minimum Gasteiger partial charge on any atom is -0.488 e. The molecule has 4 aromatic rings. The van der Waals surface area contributed by atoms with Crippen LogP contribution in [-0.2, 0) is 16.6 Å². The van der Waals surface area contributed by atoms with Crippen molar-refractivity contribution in [2.45, 2.75) is 37.4 Å². The van der Waals surface area contributed by atoms with Crippen molar-refractivity contribution >= 4 is 33.2 Å². The predicted octanol–water partition coefficient (Wildman–Crippen LogP) is 6.16. The van der Waals surface area contributed by atoms with Crippen LogP contribution in [0.1, 0.15) is 29.8 Å². The number of likely N-dealkylation sites (N-methyl/N-ethyl adjacent to an activating group) is 1. The molecule has 5 rings (SSSR count). The van der Waals surface area contributed by atoms with Crippen molar-refractivity contribution < 1.29 is 23.1 Å². The second kappa shape index (κ2) is 14.0. The quantitative estimate of drug-likeness (QED) is 0.214. The Bertz CT molecular complexity index is 1720.